The zero-order valence-electron chi connectivity index (χ0n) is 12.6. The lowest BCUT2D eigenvalue weighted by atomic mass is 10.2. The predicted octanol–water partition coefficient (Wildman–Crippen LogP) is 3.52. The molecule has 4 nitrogen and oxygen atoms in total. The maximum atomic E-state index is 12.4. The van der Waals surface area contributed by atoms with Gasteiger partial charge in [-0.05, 0) is 41.8 Å². The molecule has 0 spiro atoms. The first-order valence-corrected chi connectivity index (χ1v) is 9.24. The number of hydrogen-bond donors (Lipinski definition) is 0. The zero-order chi connectivity index (χ0) is 16.1. The highest BCUT2D eigenvalue weighted by molar-refractivity contribution is 7.12. The minimum atomic E-state index is -0.451. The monoisotopic (exact) mass is 347 g/mol. The van der Waals surface area contributed by atoms with Crippen LogP contribution in [0.15, 0.2) is 35.0 Å². The molecule has 0 N–H and O–H groups in total. The fraction of sp³-hybridized carbons (Fsp3) is 0.294. The molecule has 1 amide bonds. The molecular formula is C17H17NO3S2. The molecule has 2 aromatic rings. The van der Waals surface area contributed by atoms with E-state index in [1.165, 1.54) is 11.3 Å². The average molecular weight is 347 g/mol. The highest BCUT2D eigenvalue weighted by atomic mass is 32.1. The van der Waals surface area contributed by atoms with Crippen LogP contribution in [-0.4, -0.2) is 36.5 Å². The zero-order valence-corrected chi connectivity index (χ0v) is 14.2. The fourth-order valence-corrected chi connectivity index (χ4v) is 3.83. The molecule has 6 heteroatoms. The van der Waals surface area contributed by atoms with E-state index in [1.807, 2.05) is 41.1 Å². The number of ether oxygens (including phenoxy) is 1. The SMILES string of the molecule is O=C(OCC(=O)N1CCCC1)/C(=C/c1cccs1)c1cccs1. The molecule has 0 unspecified atom stereocenters. The minimum absolute atomic E-state index is 0.113. The highest BCUT2D eigenvalue weighted by Gasteiger charge is 2.21. The van der Waals surface area contributed by atoms with Gasteiger partial charge in [0, 0.05) is 22.8 Å². The predicted molar refractivity (Wildman–Crippen MR) is 93.3 cm³/mol. The number of rotatable bonds is 5. The molecule has 1 aliphatic heterocycles. The number of thiophene rings is 2. The third-order valence-electron chi connectivity index (χ3n) is 3.62. The standard InChI is InChI=1S/C17H17NO3S2/c19-16(18-7-1-2-8-18)12-21-17(20)14(15-6-4-10-23-15)11-13-5-3-9-22-13/h3-6,9-11H,1-2,7-8,12H2/b14-11+. The Morgan fingerprint density at radius 2 is 1.87 bits per heavy atom. The molecule has 120 valence electrons. The number of amides is 1. The maximum Gasteiger partial charge on any atom is 0.340 e. The van der Waals surface area contributed by atoms with Crippen LogP contribution in [0.3, 0.4) is 0 Å². The number of carbonyl (C=O) groups is 2. The third-order valence-corrected chi connectivity index (χ3v) is 5.34. The molecule has 23 heavy (non-hydrogen) atoms. The molecule has 3 heterocycles. The fourth-order valence-electron chi connectivity index (χ4n) is 2.44. The normalized spacial score (nSPS) is 15.0. The van der Waals surface area contributed by atoms with Crippen molar-refractivity contribution in [3.63, 3.8) is 0 Å². The Bertz CT molecular complexity index is 684. The van der Waals surface area contributed by atoms with Gasteiger partial charge in [-0.15, -0.1) is 22.7 Å². The van der Waals surface area contributed by atoms with Gasteiger partial charge in [0.2, 0.25) is 0 Å². The van der Waals surface area contributed by atoms with Gasteiger partial charge in [0.05, 0.1) is 5.57 Å². The minimum Gasteiger partial charge on any atom is -0.452 e. The van der Waals surface area contributed by atoms with Crippen LogP contribution < -0.4 is 0 Å². The smallest absolute Gasteiger partial charge is 0.340 e. The summed E-state index contributed by atoms with van der Waals surface area (Å²) in [6, 6.07) is 7.66. The van der Waals surface area contributed by atoms with Gasteiger partial charge in [0.15, 0.2) is 6.61 Å². The molecule has 1 fully saturated rings. The van der Waals surface area contributed by atoms with Crippen LogP contribution in [0.4, 0.5) is 0 Å². The molecule has 3 rings (SSSR count). The van der Waals surface area contributed by atoms with Crippen LogP contribution in [0.25, 0.3) is 11.6 Å². The molecular weight excluding hydrogens is 330 g/mol. The Labute approximate surface area is 143 Å². The summed E-state index contributed by atoms with van der Waals surface area (Å²) in [5, 5.41) is 3.88. The molecule has 1 saturated heterocycles. The van der Waals surface area contributed by atoms with Crippen LogP contribution in [0.2, 0.25) is 0 Å². The van der Waals surface area contributed by atoms with E-state index in [4.69, 9.17) is 4.74 Å². The van der Waals surface area contributed by atoms with Crippen molar-refractivity contribution < 1.29 is 14.3 Å². The summed E-state index contributed by atoms with van der Waals surface area (Å²) < 4.78 is 5.26. The van der Waals surface area contributed by atoms with Crippen LogP contribution >= 0.6 is 22.7 Å². The summed E-state index contributed by atoms with van der Waals surface area (Å²) in [6.45, 7) is 1.34. The summed E-state index contributed by atoms with van der Waals surface area (Å²) in [4.78, 5) is 28.0. The van der Waals surface area contributed by atoms with Gasteiger partial charge in [0.1, 0.15) is 0 Å². The van der Waals surface area contributed by atoms with Gasteiger partial charge < -0.3 is 9.64 Å². The lowest BCUT2D eigenvalue weighted by Crippen LogP contribution is -2.32. The van der Waals surface area contributed by atoms with Crippen LogP contribution in [0, 0.1) is 0 Å². The second-order valence-electron chi connectivity index (χ2n) is 5.21. The van der Waals surface area contributed by atoms with Gasteiger partial charge in [-0.25, -0.2) is 4.79 Å². The Hall–Kier alpha value is -1.92. The molecule has 0 aromatic carbocycles. The largest absolute Gasteiger partial charge is 0.452 e. The van der Waals surface area contributed by atoms with Crippen molar-refractivity contribution in [2.45, 2.75) is 12.8 Å². The Kier molecular flexibility index (Phi) is 5.25. The second-order valence-corrected chi connectivity index (χ2v) is 7.14. The highest BCUT2D eigenvalue weighted by Crippen LogP contribution is 2.25. The Balaban J connectivity index is 1.69. The van der Waals surface area contributed by atoms with E-state index in [-0.39, 0.29) is 12.5 Å². The van der Waals surface area contributed by atoms with Crippen molar-refractivity contribution in [3.8, 4) is 0 Å². The summed E-state index contributed by atoms with van der Waals surface area (Å²) in [7, 11) is 0. The number of likely N-dealkylation sites (tertiary alicyclic amines) is 1. The van der Waals surface area contributed by atoms with E-state index in [0.717, 1.165) is 35.7 Å². The van der Waals surface area contributed by atoms with Crippen LogP contribution in [-0.2, 0) is 14.3 Å². The van der Waals surface area contributed by atoms with Gasteiger partial charge in [0.25, 0.3) is 5.91 Å². The van der Waals surface area contributed by atoms with Crippen molar-refractivity contribution in [1.29, 1.82) is 0 Å². The third kappa shape index (κ3) is 4.09. The molecule has 0 radical (unpaired) electrons. The summed E-state index contributed by atoms with van der Waals surface area (Å²) in [6.07, 6.45) is 3.87. The van der Waals surface area contributed by atoms with Crippen molar-refractivity contribution in [3.05, 3.63) is 44.8 Å². The number of nitrogens with zero attached hydrogens (tertiary/aromatic N) is 1. The van der Waals surface area contributed by atoms with Gasteiger partial charge in [-0.1, -0.05) is 12.1 Å². The van der Waals surface area contributed by atoms with Crippen LogP contribution in [0.1, 0.15) is 22.6 Å². The van der Waals surface area contributed by atoms with Crippen molar-refractivity contribution >= 4 is 46.2 Å². The number of esters is 1. The molecule has 0 aliphatic carbocycles. The van der Waals surface area contributed by atoms with E-state index in [0.29, 0.717) is 5.57 Å². The first kappa shape index (κ1) is 16.0. The quantitative estimate of drug-likeness (QED) is 0.614. The maximum absolute atomic E-state index is 12.4. The van der Waals surface area contributed by atoms with E-state index < -0.39 is 5.97 Å². The van der Waals surface area contributed by atoms with Gasteiger partial charge >= 0.3 is 5.97 Å². The lowest BCUT2D eigenvalue weighted by molar-refractivity contribution is -0.146. The number of hydrogen-bond acceptors (Lipinski definition) is 5. The molecule has 2 aromatic heterocycles. The van der Waals surface area contributed by atoms with Crippen molar-refractivity contribution in [1.82, 2.24) is 4.90 Å². The van der Waals surface area contributed by atoms with Gasteiger partial charge in [-0.3, -0.25) is 4.79 Å². The van der Waals surface area contributed by atoms with E-state index in [9.17, 15) is 9.59 Å². The summed E-state index contributed by atoms with van der Waals surface area (Å²) in [5.74, 6) is -0.564. The topological polar surface area (TPSA) is 46.6 Å². The van der Waals surface area contributed by atoms with Gasteiger partial charge in [-0.2, -0.15) is 0 Å². The average Bonchev–Trinajstić information content (AvgIpc) is 3.32. The second kappa shape index (κ2) is 7.57. The molecule has 0 atom stereocenters. The van der Waals surface area contributed by atoms with E-state index in [2.05, 4.69) is 0 Å². The summed E-state index contributed by atoms with van der Waals surface area (Å²) in [5.41, 5.74) is 0.497. The van der Waals surface area contributed by atoms with E-state index >= 15 is 0 Å². The van der Waals surface area contributed by atoms with Crippen molar-refractivity contribution in [2.75, 3.05) is 19.7 Å². The van der Waals surface area contributed by atoms with Crippen molar-refractivity contribution in [2.24, 2.45) is 0 Å². The first-order chi connectivity index (χ1) is 11.2. The van der Waals surface area contributed by atoms with E-state index in [1.54, 1.807) is 16.2 Å². The Morgan fingerprint density at radius 3 is 2.52 bits per heavy atom. The number of carbonyl (C=O) groups excluding carboxylic acids is 2. The molecule has 0 saturated carbocycles. The summed E-state index contributed by atoms with van der Waals surface area (Å²) >= 11 is 3.04. The molecule has 0 bridgehead atoms. The molecule has 1 aliphatic rings. The van der Waals surface area contributed by atoms with Crippen LogP contribution in [0.5, 0.6) is 0 Å². The Morgan fingerprint density at radius 1 is 1.13 bits per heavy atom. The first-order valence-electron chi connectivity index (χ1n) is 7.48. The lowest BCUT2D eigenvalue weighted by Gasteiger charge is -2.15.